The molecule has 0 aliphatic carbocycles. The molecule has 5 heteroatoms. The van der Waals surface area contributed by atoms with Crippen LogP contribution >= 0.6 is 0 Å². The van der Waals surface area contributed by atoms with Crippen molar-refractivity contribution in [3.8, 4) is 0 Å². The number of aryl methyl sites for hydroxylation is 1. The molecule has 1 amide bonds. The van der Waals surface area contributed by atoms with Crippen molar-refractivity contribution in [1.82, 2.24) is 4.90 Å². The Morgan fingerprint density at radius 1 is 1.47 bits per heavy atom. The van der Waals surface area contributed by atoms with Crippen LogP contribution in [0.1, 0.15) is 11.1 Å². The summed E-state index contributed by atoms with van der Waals surface area (Å²) in [6, 6.07) is 7.76. The van der Waals surface area contributed by atoms with E-state index in [-0.39, 0.29) is 19.1 Å². The molecule has 0 saturated carbocycles. The molecule has 0 aromatic heterocycles. The number of carboxylic acid groups (broad SMARTS) is 1. The number of hydrogen-bond donors (Lipinski definition) is 1. The molecule has 1 N–H and O–H groups in total. The van der Waals surface area contributed by atoms with Crippen molar-refractivity contribution in [2.75, 3.05) is 19.7 Å². The largest absolute Gasteiger partial charge is 0.479 e. The Labute approximate surface area is 111 Å². The summed E-state index contributed by atoms with van der Waals surface area (Å²) in [6.45, 7) is 2.83. The highest BCUT2D eigenvalue weighted by Crippen LogP contribution is 2.10. The van der Waals surface area contributed by atoms with E-state index in [9.17, 15) is 9.59 Å². The number of carbonyl (C=O) groups excluding carboxylic acids is 1. The molecule has 1 saturated heterocycles. The fraction of sp³-hybridized carbons (Fsp3) is 0.429. The molecule has 0 bridgehead atoms. The van der Waals surface area contributed by atoms with Crippen molar-refractivity contribution in [2.45, 2.75) is 19.4 Å². The molecule has 2 rings (SSSR count). The van der Waals surface area contributed by atoms with Gasteiger partial charge in [0.2, 0.25) is 5.91 Å². The van der Waals surface area contributed by atoms with Crippen LogP contribution in [0.2, 0.25) is 0 Å². The van der Waals surface area contributed by atoms with Gasteiger partial charge in [-0.05, 0) is 12.5 Å². The summed E-state index contributed by atoms with van der Waals surface area (Å²) in [5.74, 6) is -1.08. The Hall–Kier alpha value is -1.88. The smallest absolute Gasteiger partial charge is 0.334 e. The molecular weight excluding hydrogens is 246 g/mol. The van der Waals surface area contributed by atoms with Gasteiger partial charge < -0.3 is 14.7 Å². The maximum absolute atomic E-state index is 12.1. The minimum Gasteiger partial charge on any atom is -0.479 e. The average Bonchev–Trinajstić information content (AvgIpc) is 2.39. The number of hydrogen-bond acceptors (Lipinski definition) is 3. The van der Waals surface area contributed by atoms with Gasteiger partial charge in [-0.2, -0.15) is 0 Å². The third-order valence-electron chi connectivity index (χ3n) is 3.13. The number of benzene rings is 1. The predicted molar refractivity (Wildman–Crippen MR) is 68.8 cm³/mol. The Morgan fingerprint density at radius 2 is 2.26 bits per heavy atom. The summed E-state index contributed by atoms with van der Waals surface area (Å²) in [4.78, 5) is 24.5. The summed E-state index contributed by atoms with van der Waals surface area (Å²) in [5.41, 5.74) is 2.05. The van der Waals surface area contributed by atoms with E-state index in [1.165, 1.54) is 0 Å². The highest BCUT2D eigenvalue weighted by Gasteiger charge is 2.28. The van der Waals surface area contributed by atoms with Crippen LogP contribution in [0.5, 0.6) is 0 Å². The third-order valence-corrected chi connectivity index (χ3v) is 3.13. The first-order valence-electron chi connectivity index (χ1n) is 6.24. The fourth-order valence-corrected chi connectivity index (χ4v) is 2.13. The van der Waals surface area contributed by atoms with Gasteiger partial charge in [0, 0.05) is 6.54 Å². The highest BCUT2D eigenvalue weighted by atomic mass is 16.5. The summed E-state index contributed by atoms with van der Waals surface area (Å²) in [7, 11) is 0. The number of rotatable bonds is 3. The number of morpholine rings is 1. The van der Waals surface area contributed by atoms with Crippen molar-refractivity contribution < 1.29 is 19.4 Å². The summed E-state index contributed by atoms with van der Waals surface area (Å²) >= 11 is 0. The molecule has 1 fully saturated rings. The monoisotopic (exact) mass is 263 g/mol. The Bertz CT molecular complexity index is 486. The van der Waals surface area contributed by atoms with Crippen LogP contribution in [0.15, 0.2) is 24.3 Å². The standard InChI is InChI=1S/C14H17NO4/c1-10-3-2-4-11(7-10)8-13(16)15-5-6-19-12(9-15)14(17)18/h2-4,7,12H,5-6,8-9H2,1H3,(H,17,18). The van der Waals surface area contributed by atoms with Crippen LogP contribution in [-0.4, -0.2) is 47.7 Å². The Morgan fingerprint density at radius 3 is 2.95 bits per heavy atom. The maximum atomic E-state index is 12.1. The van der Waals surface area contributed by atoms with Gasteiger partial charge in [0.05, 0.1) is 19.6 Å². The van der Waals surface area contributed by atoms with Gasteiger partial charge in [0.25, 0.3) is 0 Å². The lowest BCUT2D eigenvalue weighted by Crippen LogP contribution is -2.49. The second-order valence-electron chi connectivity index (χ2n) is 4.70. The molecule has 0 spiro atoms. The highest BCUT2D eigenvalue weighted by molar-refractivity contribution is 5.80. The topological polar surface area (TPSA) is 66.8 Å². The van der Waals surface area contributed by atoms with E-state index < -0.39 is 12.1 Å². The van der Waals surface area contributed by atoms with Gasteiger partial charge in [-0.15, -0.1) is 0 Å². The van der Waals surface area contributed by atoms with Crippen LogP contribution in [0.3, 0.4) is 0 Å². The Kier molecular flexibility index (Phi) is 4.16. The first-order chi connectivity index (χ1) is 9.06. The van der Waals surface area contributed by atoms with Crippen LogP contribution in [-0.2, 0) is 20.7 Å². The lowest BCUT2D eigenvalue weighted by atomic mass is 10.1. The molecule has 1 unspecified atom stereocenters. The number of carbonyl (C=O) groups is 2. The normalized spacial score (nSPS) is 19.2. The van der Waals surface area contributed by atoms with Gasteiger partial charge in [-0.25, -0.2) is 4.79 Å². The number of carboxylic acids is 1. The quantitative estimate of drug-likeness (QED) is 0.878. The van der Waals surface area contributed by atoms with E-state index in [0.29, 0.717) is 13.0 Å². The van der Waals surface area contributed by atoms with Crippen molar-refractivity contribution >= 4 is 11.9 Å². The van der Waals surface area contributed by atoms with Crippen molar-refractivity contribution in [3.05, 3.63) is 35.4 Å². The van der Waals surface area contributed by atoms with E-state index in [4.69, 9.17) is 9.84 Å². The van der Waals surface area contributed by atoms with E-state index in [1.54, 1.807) is 4.90 Å². The third kappa shape index (κ3) is 3.54. The van der Waals surface area contributed by atoms with Gasteiger partial charge in [-0.3, -0.25) is 4.79 Å². The molecule has 1 aliphatic rings. The number of nitrogens with zero attached hydrogens (tertiary/aromatic N) is 1. The van der Waals surface area contributed by atoms with Crippen molar-refractivity contribution in [3.63, 3.8) is 0 Å². The number of ether oxygens (including phenoxy) is 1. The number of amides is 1. The lowest BCUT2D eigenvalue weighted by Gasteiger charge is -2.31. The zero-order valence-corrected chi connectivity index (χ0v) is 10.8. The molecule has 0 radical (unpaired) electrons. The van der Waals surface area contributed by atoms with Gasteiger partial charge in [-0.1, -0.05) is 29.8 Å². The van der Waals surface area contributed by atoms with E-state index in [2.05, 4.69) is 0 Å². The van der Waals surface area contributed by atoms with Gasteiger partial charge >= 0.3 is 5.97 Å². The second-order valence-corrected chi connectivity index (χ2v) is 4.70. The summed E-state index contributed by atoms with van der Waals surface area (Å²) in [6.07, 6.45) is -0.608. The second kappa shape index (κ2) is 5.84. The fourth-order valence-electron chi connectivity index (χ4n) is 2.13. The summed E-state index contributed by atoms with van der Waals surface area (Å²) in [5, 5.41) is 8.90. The summed E-state index contributed by atoms with van der Waals surface area (Å²) < 4.78 is 5.10. The van der Waals surface area contributed by atoms with Crippen LogP contribution < -0.4 is 0 Å². The first-order valence-corrected chi connectivity index (χ1v) is 6.24. The molecule has 1 atom stereocenters. The number of aliphatic carboxylic acids is 1. The SMILES string of the molecule is Cc1cccc(CC(=O)N2CCOC(C(=O)O)C2)c1. The molecule has 1 aromatic carbocycles. The lowest BCUT2D eigenvalue weighted by molar-refractivity contribution is -0.159. The Balaban J connectivity index is 1.98. The van der Waals surface area contributed by atoms with Gasteiger partial charge in [0.1, 0.15) is 0 Å². The maximum Gasteiger partial charge on any atom is 0.334 e. The minimum atomic E-state index is -1.02. The molecule has 1 aromatic rings. The molecule has 19 heavy (non-hydrogen) atoms. The molecule has 5 nitrogen and oxygen atoms in total. The van der Waals surface area contributed by atoms with Crippen molar-refractivity contribution in [1.29, 1.82) is 0 Å². The van der Waals surface area contributed by atoms with Crippen LogP contribution in [0, 0.1) is 6.92 Å². The zero-order chi connectivity index (χ0) is 13.8. The minimum absolute atomic E-state index is 0.0554. The first kappa shape index (κ1) is 13.5. The molecule has 1 aliphatic heterocycles. The van der Waals surface area contributed by atoms with Gasteiger partial charge in [0.15, 0.2) is 6.10 Å². The van der Waals surface area contributed by atoms with Crippen LogP contribution in [0.4, 0.5) is 0 Å². The predicted octanol–water partition coefficient (Wildman–Crippen LogP) is 0.850. The van der Waals surface area contributed by atoms with E-state index >= 15 is 0 Å². The van der Waals surface area contributed by atoms with E-state index in [0.717, 1.165) is 11.1 Å². The molecular formula is C14H17NO4. The van der Waals surface area contributed by atoms with Crippen molar-refractivity contribution in [2.24, 2.45) is 0 Å². The molecule has 1 heterocycles. The van der Waals surface area contributed by atoms with E-state index in [1.807, 2.05) is 31.2 Å². The molecule has 102 valence electrons. The zero-order valence-electron chi connectivity index (χ0n) is 10.8. The average molecular weight is 263 g/mol. The van der Waals surface area contributed by atoms with Crippen LogP contribution in [0.25, 0.3) is 0 Å².